The lowest BCUT2D eigenvalue weighted by atomic mass is 9.93. The highest BCUT2D eigenvalue weighted by molar-refractivity contribution is 4.90. The van der Waals surface area contributed by atoms with Crippen LogP contribution in [0.25, 0.3) is 0 Å². The first-order valence-electron chi connectivity index (χ1n) is 5.62. The van der Waals surface area contributed by atoms with Gasteiger partial charge in [-0.15, -0.1) is 0 Å². The molecule has 15 heavy (non-hydrogen) atoms. The van der Waals surface area contributed by atoms with Crippen LogP contribution in [0.5, 0.6) is 0 Å². The minimum atomic E-state index is -0.169. The highest BCUT2D eigenvalue weighted by atomic mass is 16.5. The van der Waals surface area contributed by atoms with E-state index in [0.29, 0.717) is 13.2 Å². The molecule has 0 heterocycles. The van der Waals surface area contributed by atoms with Crippen LogP contribution in [0, 0.1) is 5.92 Å². The molecule has 0 aromatic carbocycles. The molecule has 92 valence electrons. The fourth-order valence-corrected chi connectivity index (χ4v) is 1.57. The van der Waals surface area contributed by atoms with Crippen molar-refractivity contribution in [2.75, 3.05) is 26.9 Å². The van der Waals surface area contributed by atoms with Crippen LogP contribution in [-0.4, -0.2) is 43.6 Å². The van der Waals surface area contributed by atoms with Crippen LogP contribution in [-0.2, 0) is 4.74 Å². The van der Waals surface area contributed by atoms with E-state index in [1.165, 1.54) is 0 Å². The number of hydrogen-bond acceptors (Lipinski definition) is 4. The summed E-state index contributed by atoms with van der Waals surface area (Å²) >= 11 is 0. The van der Waals surface area contributed by atoms with Gasteiger partial charge in [0.15, 0.2) is 0 Å². The average Bonchev–Trinajstić information content (AvgIpc) is 2.27. The predicted molar refractivity (Wildman–Crippen MR) is 62.8 cm³/mol. The predicted octanol–water partition coefficient (Wildman–Crippen LogP) is 0.347. The third kappa shape index (κ3) is 4.47. The number of aliphatic hydroxyl groups excluding tert-OH is 1. The van der Waals surface area contributed by atoms with E-state index in [1.807, 2.05) is 6.92 Å². The van der Waals surface area contributed by atoms with Crippen molar-refractivity contribution in [2.45, 2.75) is 38.8 Å². The maximum absolute atomic E-state index is 9.07. The molecule has 0 fully saturated rings. The van der Waals surface area contributed by atoms with E-state index < -0.39 is 0 Å². The minimum Gasteiger partial charge on any atom is -0.396 e. The van der Waals surface area contributed by atoms with Gasteiger partial charge in [0.1, 0.15) is 0 Å². The summed E-state index contributed by atoms with van der Waals surface area (Å²) in [4.78, 5) is 0. The van der Waals surface area contributed by atoms with Gasteiger partial charge in [0.25, 0.3) is 0 Å². The van der Waals surface area contributed by atoms with Crippen LogP contribution in [0.15, 0.2) is 0 Å². The summed E-state index contributed by atoms with van der Waals surface area (Å²) in [5.74, 6) is 0.222. The summed E-state index contributed by atoms with van der Waals surface area (Å²) in [5, 5.41) is 12.5. The zero-order chi connectivity index (χ0) is 11.9. The number of methoxy groups -OCH3 is 1. The molecule has 0 aliphatic heterocycles. The molecule has 0 spiro atoms. The highest BCUT2D eigenvalue weighted by Gasteiger charge is 2.29. The van der Waals surface area contributed by atoms with E-state index in [2.05, 4.69) is 19.2 Å². The fraction of sp³-hybridized carbons (Fsp3) is 1.00. The summed E-state index contributed by atoms with van der Waals surface area (Å²) in [6.07, 6.45) is 0.916. The van der Waals surface area contributed by atoms with Crippen LogP contribution in [0.4, 0.5) is 0 Å². The number of rotatable bonds is 8. The molecule has 0 aliphatic rings. The van der Waals surface area contributed by atoms with Crippen molar-refractivity contribution in [1.29, 1.82) is 0 Å². The molecule has 0 saturated carbocycles. The molecule has 0 saturated heterocycles. The van der Waals surface area contributed by atoms with Crippen molar-refractivity contribution in [3.63, 3.8) is 0 Å². The second-order valence-electron chi connectivity index (χ2n) is 4.36. The highest BCUT2D eigenvalue weighted by Crippen LogP contribution is 2.13. The Morgan fingerprint density at radius 2 is 2.07 bits per heavy atom. The SMILES string of the molecule is CCC(CN)(COC)NC(C)C(C)CO. The van der Waals surface area contributed by atoms with E-state index in [-0.39, 0.29) is 24.1 Å². The zero-order valence-corrected chi connectivity index (χ0v) is 10.4. The van der Waals surface area contributed by atoms with Crippen LogP contribution in [0.2, 0.25) is 0 Å². The summed E-state index contributed by atoms with van der Waals surface area (Å²) < 4.78 is 5.20. The van der Waals surface area contributed by atoms with Gasteiger partial charge < -0.3 is 20.9 Å². The van der Waals surface area contributed by atoms with Gasteiger partial charge in [0, 0.05) is 26.3 Å². The van der Waals surface area contributed by atoms with Gasteiger partial charge in [-0.05, 0) is 19.3 Å². The van der Waals surface area contributed by atoms with E-state index in [4.69, 9.17) is 15.6 Å². The summed E-state index contributed by atoms with van der Waals surface area (Å²) in [5.41, 5.74) is 5.62. The lowest BCUT2D eigenvalue weighted by Gasteiger charge is -2.36. The Hall–Kier alpha value is -0.160. The van der Waals surface area contributed by atoms with Gasteiger partial charge >= 0.3 is 0 Å². The Balaban J connectivity index is 4.38. The number of ether oxygens (including phenoxy) is 1. The first-order valence-corrected chi connectivity index (χ1v) is 5.62. The van der Waals surface area contributed by atoms with Crippen molar-refractivity contribution < 1.29 is 9.84 Å². The molecule has 4 heteroatoms. The van der Waals surface area contributed by atoms with Crippen LogP contribution < -0.4 is 11.1 Å². The molecule has 4 nitrogen and oxygen atoms in total. The quantitative estimate of drug-likeness (QED) is 0.550. The third-order valence-electron chi connectivity index (χ3n) is 3.16. The third-order valence-corrected chi connectivity index (χ3v) is 3.16. The van der Waals surface area contributed by atoms with E-state index in [9.17, 15) is 0 Å². The lowest BCUT2D eigenvalue weighted by Crippen LogP contribution is -2.58. The zero-order valence-electron chi connectivity index (χ0n) is 10.4. The Morgan fingerprint density at radius 1 is 1.47 bits per heavy atom. The van der Waals surface area contributed by atoms with Crippen molar-refractivity contribution in [1.82, 2.24) is 5.32 Å². The molecule has 0 rings (SSSR count). The molecule has 3 atom stereocenters. The smallest absolute Gasteiger partial charge is 0.0656 e. The lowest BCUT2D eigenvalue weighted by molar-refractivity contribution is 0.0898. The topological polar surface area (TPSA) is 67.5 Å². The molecule has 0 bridgehead atoms. The minimum absolute atomic E-state index is 0.169. The van der Waals surface area contributed by atoms with Gasteiger partial charge in [-0.2, -0.15) is 0 Å². The molecule has 0 amide bonds. The summed E-state index contributed by atoms with van der Waals surface area (Å²) in [7, 11) is 1.68. The molecular formula is C11H26N2O2. The molecule has 0 aromatic rings. The Morgan fingerprint density at radius 3 is 2.40 bits per heavy atom. The average molecular weight is 218 g/mol. The van der Waals surface area contributed by atoms with Gasteiger partial charge in [0.05, 0.1) is 12.1 Å². The second kappa shape index (κ2) is 7.17. The molecule has 4 N–H and O–H groups in total. The fourth-order valence-electron chi connectivity index (χ4n) is 1.57. The van der Waals surface area contributed by atoms with Gasteiger partial charge in [0.2, 0.25) is 0 Å². The molecule has 3 unspecified atom stereocenters. The van der Waals surface area contributed by atoms with Crippen molar-refractivity contribution >= 4 is 0 Å². The van der Waals surface area contributed by atoms with E-state index in [1.54, 1.807) is 7.11 Å². The first kappa shape index (κ1) is 14.8. The molecule has 0 radical (unpaired) electrons. The maximum atomic E-state index is 9.07. The molecule has 0 aromatic heterocycles. The number of nitrogens with two attached hydrogens (primary N) is 1. The van der Waals surface area contributed by atoms with Crippen molar-refractivity contribution in [3.05, 3.63) is 0 Å². The monoisotopic (exact) mass is 218 g/mol. The maximum Gasteiger partial charge on any atom is 0.0656 e. The summed E-state index contributed by atoms with van der Waals surface area (Å²) in [6, 6.07) is 0.230. The first-order chi connectivity index (χ1) is 7.05. The second-order valence-corrected chi connectivity index (χ2v) is 4.36. The van der Waals surface area contributed by atoms with Crippen LogP contribution in [0.1, 0.15) is 27.2 Å². The van der Waals surface area contributed by atoms with Gasteiger partial charge in [-0.1, -0.05) is 13.8 Å². The van der Waals surface area contributed by atoms with Crippen LogP contribution >= 0.6 is 0 Å². The largest absolute Gasteiger partial charge is 0.396 e. The standard InChI is InChI=1S/C11H26N2O2/c1-5-11(7-12,8-15-4)13-10(3)9(2)6-14/h9-10,13-14H,5-8,12H2,1-4H3. The molecular weight excluding hydrogens is 192 g/mol. The Kier molecular flexibility index (Phi) is 7.09. The normalized spacial score (nSPS) is 19.6. The van der Waals surface area contributed by atoms with Gasteiger partial charge in [-0.25, -0.2) is 0 Å². The Bertz CT molecular complexity index is 161. The van der Waals surface area contributed by atoms with Crippen molar-refractivity contribution in [2.24, 2.45) is 11.7 Å². The van der Waals surface area contributed by atoms with Gasteiger partial charge in [-0.3, -0.25) is 0 Å². The number of hydrogen-bond donors (Lipinski definition) is 3. The van der Waals surface area contributed by atoms with Crippen molar-refractivity contribution in [3.8, 4) is 0 Å². The number of aliphatic hydroxyl groups is 1. The molecule has 0 aliphatic carbocycles. The summed E-state index contributed by atoms with van der Waals surface area (Å²) in [6.45, 7) is 7.50. The van der Waals surface area contributed by atoms with E-state index in [0.717, 1.165) is 6.42 Å². The van der Waals surface area contributed by atoms with Crippen LogP contribution in [0.3, 0.4) is 0 Å². The number of nitrogens with one attached hydrogen (secondary N) is 1. The van der Waals surface area contributed by atoms with E-state index >= 15 is 0 Å². The Labute approximate surface area is 93.2 Å².